The number of halogens is 3. The second kappa shape index (κ2) is 9.87. The number of carbonyl (C=O) groups excluding carboxylic acids is 1. The monoisotopic (exact) mass is 415 g/mol. The highest BCUT2D eigenvalue weighted by Crippen LogP contribution is 2.29. The van der Waals surface area contributed by atoms with Gasteiger partial charge in [0.25, 0.3) is 5.91 Å². The lowest BCUT2D eigenvalue weighted by Gasteiger charge is -2.09. The Morgan fingerprint density at radius 2 is 1.73 bits per heavy atom. The van der Waals surface area contributed by atoms with E-state index in [0.29, 0.717) is 37.4 Å². The number of hydrogen-bond donors (Lipinski definition) is 1. The van der Waals surface area contributed by atoms with Crippen molar-refractivity contribution in [2.75, 3.05) is 6.54 Å². The van der Waals surface area contributed by atoms with Crippen molar-refractivity contribution in [1.82, 2.24) is 15.3 Å². The Hall–Kier alpha value is -3.42. The molecule has 1 N–H and O–H groups in total. The SMILES string of the molecule is O=C(NCCCc1cccc(C(F)(F)F)c1)c1cnc(OCc2ccccc2)cn1. The topological polar surface area (TPSA) is 64.1 Å². The van der Waals surface area contributed by atoms with E-state index < -0.39 is 17.6 Å². The van der Waals surface area contributed by atoms with Crippen LogP contribution in [-0.2, 0) is 19.2 Å². The number of carbonyl (C=O) groups is 1. The van der Waals surface area contributed by atoms with Crippen molar-refractivity contribution < 1.29 is 22.7 Å². The number of nitrogens with zero attached hydrogens (tertiary/aromatic N) is 2. The van der Waals surface area contributed by atoms with Gasteiger partial charge in [0.2, 0.25) is 5.88 Å². The van der Waals surface area contributed by atoms with Crippen molar-refractivity contribution in [2.45, 2.75) is 25.6 Å². The minimum Gasteiger partial charge on any atom is -0.472 e. The van der Waals surface area contributed by atoms with Gasteiger partial charge in [-0.2, -0.15) is 13.2 Å². The fourth-order valence-electron chi connectivity index (χ4n) is 2.73. The number of aromatic nitrogens is 2. The number of alkyl halides is 3. The Bertz CT molecular complexity index is 961. The minimum atomic E-state index is -4.36. The van der Waals surface area contributed by atoms with Gasteiger partial charge in [0, 0.05) is 6.54 Å². The third-order valence-corrected chi connectivity index (χ3v) is 4.27. The van der Waals surface area contributed by atoms with Crippen LogP contribution in [0.2, 0.25) is 0 Å². The van der Waals surface area contributed by atoms with Gasteiger partial charge in [-0.1, -0.05) is 48.5 Å². The van der Waals surface area contributed by atoms with Gasteiger partial charge in [0.05, 0.1) is 18.0 Å². The Balaban J connectivity index is 1.43. The summed E-state index contributed by atoms with van der Waals surface area (Å²) in [6.07, 6.45) is -0.746. The molecule has 3 rings (SSSR count). The summed E-state index contributed by atoms with van der Waals surface area (Å²) in [4.78, 5) is 20.2. The fourth-order valence-corrected chi connectivity index (χ4v) is 2.73. The molecule has 0 fully saturated rings. The van der Waals surface area contributed by atoms with Crippen LogP contribution in [0.3, 0.4) is 0 Å². The van der Waals surface area contributed by atoms with E-state index >= 15 is 0 Å². The third-order valence-electron chi connectivity index (χ3n) is 4.27. The molecule has 0 saturated heterocycles. The molecule has 8 heteroatoms. The number of aryl methyl sites for hydroxylation is 1. The molecule has 1 heterocycles. The third kappa shape index (κ3) is 6.30. The zero-order valence-corrected chi connectivity index (χ0v) is 16.0. The summed E-state index contributed by atoms with van der Waals surface area (Å²) >= 11 is 0. The first-order valence-corrected chi connectivity index (χ1v) is 9.35. The number of nitrogens with one attached hydrogen (secondary N) is 1. The van der Waals surface area contributed by atoms with Crippen LogP contribution in [0.4, 0.5) is 13.2 Å². The summed E-state index contributed by atoms with van der Waals surface area (Å²) < 4.78 is 43.7. The lowest BCUT2D eigenvalue weighted by molar-refractivity contribution is -0.137. The molecule has 0 aliphatic rings. The normalized spacial score (nSPS) is 11.2. The second-order valence-corrected chi connectivity index (χ2v) is 6.57. The average molecular weight is 415 g/mol. The molecule has 5 nitrogen and oxygen atoms in total. The highest BCUT2D eigenvalue weighted by atomic mass is 19.4. The van der Waals surface area contributed by atoms with Crippen LogP contribution < -0.4 is 10.1 Å². The molecule has 3 aromatic rings. The van der Waals surface area contributed by atoms with E-state index in [2.05, 4.69) is 15.3 Å². The molecule has 0 unspecified atom stereocenters. The van der Waals surface area contributed by atoms with Crippen molar-refractivity contribution in [2.24, 2.45) is 0 Å². The van der Waals surface area contributed by atoms with Crippen LogP contribution in [0.15, 0.2) is 67.0 Å². The highest BCUT2D eigenvalue weighted by molar-refractivity contribution is 5.91. The van der Waals surface area contributed by atoms with Gasteiger partial charge in [0.1, 0.15) is 12.3 Å². The fraction of sp³-hybridized carbons (Fsp3) is 0.227. The van der Waals surface area contributed by atoms with Gasteiger partial charge < -0.3 is 10.1 Å². The van der Waals surface area contributed by atoms with Crippen molar-refractivity contribution in [3.8, 4) is 5.88 Å². The first-order chi connectivity index (χ1) is 14.4. The molecule has 1 amide bonds. The molecule has 0 bridgehead atoms. The first-order valence-electron chi connectivity index (χ1n) is 9.35. The number of benzene rings is 2. The van der Waals surface area contributed by atoms with Gasteiger partial charge in [0.15, 0.2) is 0 Å². The smallest absolute Gasteiger partial charge is 0.416 e. The second-order valence-electron chi connectivity index (χ2n) is 6.57. The van der Waals surface area contributed by atoms with Crippen LogP contribution in [0.25, 0.3) is 0 Å². The summed E-state index contributed by atoms with van der Waals surface area (Å²) in [5, 5.41) is 2.69. The number of amides is 1. The molecule has 0 radical (unpaired) electrons. The largest absolute Gasteiger partial charge is 0.472 e. The number of ether oxygens (including phenoxy) is 1. The molecular weight excluding hydrogens is 395 g/mol. The van der Waals surface area contributed by atoms with E-state index in [9.17, 15) is 18.0 Å². The van der Waals surface area contributed by atoms with Crippen LogP contribution in [0, 0.1) is 0 Å². The van der Waals surface area contributed by atoms with Gasteiger partial charge in [-0.15, -0.1) is 0 Å². The maximum atomic E-state index is 12.7. The maximum Gasteiger partial charge on any atom is 0.416 e. The number of hydrogen-bond acceptors (Lipinski definition) is 4. The van der Waals surface area contributed by atoms with Crippen LogP contribution in [0.5, 0.6) is 5.88 Å². The average Bonchev–Trinajstić information content (AvgIpc) is 2.76. The Labute approximate surface area is 171 Å². The van der Waals surface area contributed by atoms with E-state index in [1.807, 2.05) is 30.3 Å². The van der Waals surface area contributed by atoms with E-state index in [4.69, 9.17) is 4.74 Å². The molecule has 0 saturated carbocycles. The zero-order valence-electron chi connectivity index (χ0n) is 16.0. The van der Waals surface area contributed by atoms with Crippen molar-refractivity contribution >= 4 is 5.91 Å². The maximum absolute atomic E-state index is 12.7. The summed E-state index contributed by atoms with van der Waals surface area (Å²) in [7, 11) is 0. The predicted octanol–water partition coefficient (Wildman–Crippen LogP) is 4.44. The van der Waals surface area contributed by atoms with Crippen molar-refractivity contribution in [3.63, 3.8) is 0 Å². The Kier molecular flexibility index (Phi) is 7.00. The zero-order chi connectivity index (χ0) is 21.4. The quantitative estimate of drug-likeness (QED) is 0.553. The highest BCUT2D eigenvalue weighted by Gasteiger charge is 2.30. The van der Waals surface area contributed by atoms with Crippen LogP contribution in [-0.4, -0.2) is 22.4 Å². The molecule has 2 aromatic carbocycles. The first kappa shape index (κ1) is 21.3. The minimum absolute atomic E-state index is 0.140. The summed E-state index contributed by atoms with van der Waals surface area (Å²) in [6, 6.07) is 14.8. The standard InChI is InChI=1S/C22H20F3N3O2/c23-22(24,25)18-10-4-8-16(12-18)9-5-11-26-21(29)19-13-28-20(14-27-19)30-15-17-6-2-1-3-7-17/h1-4,6-8,10,12-14H,5,9,11,15H2,(H,26,29). The molecule has 0 aliphatic heterocycles. The molecule has 156 valence electrons. The molecule has 1 aromatic heterocycles. The Morgan fingerprint density at radius 3 is 2.43 bits per heavy atom. The molecule has 0 atom stereocenters. The van der Waals surface area contributed by atoms with Gasteiger partial charge in [-0.3, -0.25) is 4.79 Å². The molecule has 0 spiro atoms. The van der Waals surface area contributed by atoms with Crippen LogP contribution in [0.1, 0.15) is 33.6 Å². The van der Waals surface area contributed by atoms with E-state index in [0.717, 1.165) is 17.7 Å². The molecular formula is C22H20F3N3O2. The summed E-state index contributed by atoms with van der Waals surface area (Å²) in [5.41, 5.74) is 1.02. The van der Waals surface area contributed by atoms with E-state index in [1.165, 1.54) is 18.5 Å². The van der Waals surface area contributed by atoms with Crippen LogP contribution >= 0.6 is 0 Å². The molecule has 30 heavy (non-hydrogen) atoms. The van der Waals surface area contributed by atoms with E-state index in [-0.39, 0.29) is 5.69 Å². The van der Waals surface area contributed by atoms with Gasteiger partial charge in [-0.25, -0.2) is 9.97 Å². The van der Waals surface area contributed by atoms with Crippen molar-refractivity contribution in [3.05, 3.63) is 89.4 Å². The lowest BCUT2D eigenvalue weighted by atomic mass is 10.1. The van der Waals surface area contributed by atoms with Crippen molar-refractivity contribution in [1.29, 1.82) is 0 Å². The molecule has 0 aliphatic carbocycles. The lowest BCUT2D eigenvalue weighted by Crippen LogP contribution is -2.25. The summed E-state index contributed by atoms with van der Waals surface area (Å²) in [5.74, 6) is -0.0962. The number of rotatable bonds is 8. The summed E-state index contributed by atoms with van der Waals surface area (Å²) in [6.45, 7) is 0.652. The van der Waals surface area contributed by atoms with Gasteiger partial charge in [-0.05, 0) is 30.0 Å². The van der Waals surface area contributed by atoms with E-state index in [1.54, 1.807) is 6.07 Å². The predicted molar refractivity (Wildman–Crippen MR) is 105 cm³/mol. The Morgan fingerprint density at radius 1 is 0.967 bits per heavy atom. The van der Waals surface area contributed by atoms with Gasteiger partial charge >= 0.3 is 6.18 Å².